The van der Waals surface area contributed by atoms with Crippen LogP contribution in [0.5, 0.6) is 0 Å². The van der Waals surface area contributed by atoms with Crippen molar-refractivity contribution in [2.75, 3.05) is 0 Å². The average molecular weight is 939 g/mol. The molecule has 7 rings (SSSR count). The van der Waals surface area contributed by atoms with Crippen LogP contribution in [0, 0.1) is 32.9 Å². The van der Waals surface area contributed by atoms with E-state index in [9.17, 15) is 14.5 Å². The molecule has 0 aliphatic rings. The molecule has 1 atom stereocenters. The number of aryl methyl sites for hydroxylation is 3. The molecule has 0 spiro atoms. The number of rotatable bonds is 5. The first-order valence-electron chi connectivity index (χ1n) is 17.0. The second-order valence-corrected chi connectivity index (χ2v) is 25.2. The van der Waals surface area contributed by atoms with Crippen LogP contribution in [0.2, 0.25) is 17.3 Å². The third-order valence-corrected chi connectivity index (χ3v) is 14.6. The van der Waals surface area contributed by atoms with Gasteiger partial charge < -0.3 is 4.98 Å². The Morgan fingerprint density at radius 2 is 1.53 bits per heavy atom. The van der Waals surface area contributed by atoms with Gasteiger partial charge in [0.1, 0.15) is 0 Å². The smallest absolute Gasteiger partial charge is 0.305 e. The summed E-state index contributed by atoms with van der Waals surface area (Å²) in [6.07, 6.45) is -0.796. The summed E-state index contributed by atoms with van der Waals surface area (Å²) in [5.74, 6) is 6.15. The van der Waals surface area contributed by atoms with Crippen LogP contribution in [0.1, 0.15) is 47.6 Å². The van der Waals surface area contributed by atoms with Crippen molar-refractivity contribution in [1.82, 2.24) is 9.97 Å². The molecule has 0 saturated carbocycles. The second kappa shape index (κ2) is 15.5. The number of pyridine rings is 2. The predicted molar refractivity (Wildman–Crippen MR) is 206 cm³/mol. The van der Waals surface area contributed by atoms with Crippen LogP contribution in [0.3, 0.4) is 0 Å². The van der Waals surface area contributed by atoms with E-state index in [0.29, 0.717) is 21.3 Å². The van der Waals surface area contributed by atoms with Crippen molar-refractivity contribution in [1.29, 1.82) is 0 Å². The molecule has 4 aromatic carbocycles. The molecule has 51 heavy (non-hydrogen) atoms. The van der Waals surface area contributed by atoms with Gasteiger partial charge >= 0.3 is 112 Å². The minimum absolute atomic E-state index is 0. The molecule has 8 heteroatoms. The summed E-state index contributed by atoms with van der Waals surface area (Å²) in [5, 5.41) is 0.750. The Labute approximate surface area is 320 Å². The van der Waals surface area contributed by atoms with Gasteiger partial charge in [0.25, 0.3) is 0 Å². The molecule has 3 heterocycles. The summed E-state index contributed by atoms with van der Waals surface area (Å²) >= 11 is -0.463. The normalized spacial score (nSPS) is 13.2. The van der Waals surface area contributed by atoms with Crippen LogP contribution in [0.25, 0.3) is 42.7 Å². The maximum atomic E-state index is 13.9. The van der Waals surface area contributed by atoms with Crippen molar-refractivity contribution >= 4 is 49.2 Å². The summed E-state index contributed by atoms with van der Waals surface area (Å²) < 4.78 is 53.7. The molecule has 7 aromatic rings. The van der Waals surface area contributed by atoms with E-state index in [0.717, 1.165) is 44.3 Å². The van der Waals surface area contributed by atoms with Crippen molar-refractivity contribution in [3.8, 4) is 22.5 Å². The molecular formula is C43H39F3GeIrN2S-2. The number of fused-ring (bicyclic) bond motifs is 3. The fourth-order valence-corrected chi connectivity index (χ4v) is 11.4. The van der Waals surface area contributed by atoms with Gasteiger partial charge in [0.05, 0.1) is 0 Å². The van der Waals surface area contributed by atoms with Gasteiger partial charge in [-0.1, -0.05) is 54.8 Å². The Morgan fingerprint density at radius 3 is 2.18 bits per heavy atom. The average Bonchev–Trinajstić information content (AvgIpc) is 3.47. The molecule has 0 bridgehead atoms. The van der Waals surface area contributed by atoms with E-state index in [-0.39, 0.29) is 25.5 Å². The van der Waals surface area contributed by atoms with Crippen LogP contribution in [0.4, 0.5) is 13.2 Å². The largest absolute Gasteiger partial charge is 0.382 e. The summed E-state index contributed by atoms with van der Waals surface area (Å²) in [6, 6.07) is 34.0. The molecule has 0 fully saturated rings. The molecule has 3 aromatic heterocycles. The van der Waals surface area contributed by atoms with E-state index in [4.69, 9.17) is 0 Å². The summed E-state index contributed by atoms with van der Waals surface area (Å²) in [7, 11) is 0. The summed E-state index contributed by atoms with van der Waals surface area (Å²) in [5.41, 5.74) is 7.47. The van der Waals surface area contributed by atoms with E-state index in [1.807, 2.05) is 75.4 Å². The second-order valence-electron chi connectivity index (χ2n) is 13.6. The Bertz CT molecular complexity index is 2350. The maximum absolute atomic E-state index is 13.9. The third-order valence-electron chi connectivity index (χ3n) is 8.97. The molecular weight excluding hydrogens is 898 g/mol. The predicted octanol–water partition coefficient (Wildman–Crippen LogP) is 12.1. The van der Waals surface area contributed by atoms with E-state index >= 15 is 0 Å². The molecule has 0 amide bonds. The number of hydrogen-bond donors (Lipinski definition) is 0. The van der Waals surface area contributed by atoms with Gasteiger partial charge in [-0.05, 0) is 69.6 Å². The Kier molecular flexibility index (Phi) is 11.3. The number of benzene rings is 4. The van der Waals surface area contributed by atoms with Gasteiger partial charge in [-0.3, -0.25) is 0 Å². The van der Waals surface area contributed by atoms with E-state index < -0.39 is 30.9 Å². The Balaban J connectivity index is 0.000000245. The van der Waals surface area contributed by atoms with Gasteiger partial charge in [-0.2, -0.15) is 24.5 Å². The van der Waals surface area contributed by atoms with Crippen molar-refractivity contribution in [3.05, 3.63) is 149 Å². The Morgan fingerprint density at radius 1 is 0.824 bits per heavy atom. The third kappa shape index (κ3) is 8.23. The first kappa shape index (κ1) is 37.1. The van der Waals surface area contributed by atoms with Crippen LogP contribution in [-0.4, -0.2) is 23.2 Å². The van der Waals surface area contributed by atoms with Crippen LogP contribution in [-0.2, 0) is 26.3 Å². The molecule has 0 N–H and O–H groups in total. The van der Waals surface area contributed by atoms with Crippen molar-refractivity contribution in [3.63, 3.8) is 0 Å². The van der Waals surface area contributed by atoms with Crippen LogP contribution >= 0.6 is 11.3 Å². The van der Waals surface area contributed by atoms with Crippen molar-refractivity contribution in [2.45, 2.75) is 57.0 Å². The van der Waals surface area contributed by atoms with Gasteiger partial charge in [0.2, 0.25) is 0 Å². The molecule has 0 aliphatic heterocycles. The maximum Gasteiger partial charge on any atom is 0.382 e. The summed E-state index contributed by atoms with van der Waals surface area (Å²) in [4.78, 5) is 9.08. The zero-order chi connectivity index (χ0) is 36.7. The topological polar surface area (TPSA) is 25.8 Å². The molecule has 2 nitrogen and oxygen atoms in total. The molecule has 1 radical (unpaired) electrons. The number of halogens is 3. The SMILES string of the molecule is Cc1cc(-c2[c-]cccc2)nc[c]1[Ge]([CH3])([CH3])[CH3].[2H]C(C)(c1ccnc(-c2[c-]cc(C(F)(F)F)c3c2sc2ccccc23)c1)c1c(C)cccc1C.[Ir]. The molecule has 0 saturated heterocycles. The summed E-state index contributed by atoms with van der Waals surface area (Å²) in [6.45, 7) is 8.01. The van der Waals surface area contributed by atoms with Crippen LogP contribution < -0.4 is 4.40 Å². The first-order valence-corrected chi connectivity index (χ1v) is 24.6. The van der Waals surface area contributed by atoms with Gasteiger partial charge in [0.15, 0.2) is 0 Å². The van der Waals surface area contributed by atoms with E-state index in [1.54, 1.807) is 24.4 Å². The van der Waals surface area contributed by atoms with Gasteiger partial charge in [0, 0.05) is 38.3 Å². The molecule has 263 valence electrons. The molecule has 0 aliphatic carbocycles. The zero-order valence-electron chi connectivity index (χ0n) is 30.6. The standard InChI is InChI=1S/C28H21F3NS.C15H18GeN.Ir/c1-16-7-6-8-17(2)25(16)18(3)19-13-14-32-23(15-19)20-11-12-22(28(29,30)31)26-21-9-4-5-10-24(21)33-27(20)26;1-12-10-15(13-8-6-5-7-9-13)17-11-14(12)16(2,3)4;/h4-10,12-15,18H,1-3H3;5-8,10-11H,1-4H3;/q2*-1;/i18D;;. The fourth-order valence-electron chi connectivity index (χ4n) is 6.58. The van der Waals surface area contributed by atoms with E-state index in [2.05, 4.69) is 64.6 Å². The minimum atomic E-state index is -4.49. The first-order chi connectivity index (χ1) is 24.1. The van der Waals surface area contributed by atoms with Crippen LogP contribution in [0.15, 0.2) is 103 Å². The number of alkyl halides is 3. The zero-order valence-corrected chi connectivity index (χ0v) is 34.9. The fraction of sp³-hybridized carbons (Fsp3) is 0.209. The number of hydrogen-bond acceptors (Lipinski definition) is 3. The minimum Gasteiger partial charge on any atom is -0.305 e. The van der Waals surface area contributed by atoms with Crippen molar-refractivity contribution < 1.29 is 34.6 Å². The number of aromatic nitrogens is 2. The van der Waals surface area contributed by atoms with Crippen molar-refractivity contribution in [2.24, 2.45) is 0 Å². The monoisotopic (exact) mass is 940 g/mol. The quantitative estimate of drug-likeness (QED) is 0.127. The number of thiophene rings is 1. The van der Waals surface area contributed by atoms with Gasteiger partial charge in [-0.25, -0.2) is 0 Å². The Hall–Kier alpha value is -3.62. The van der Waals surface area contributed by atoms with Gasteiger partial charge in [-0.15, -0.1) is 17.7 Å². The molecule has 1 unspecified atom stereocenters. The number of nitrogens with zero attached hydrogens (tertiary/aromatic N) is 2. The van der Waals surface area contributed by atoms with E-state index in [1.165, 1.54) is 21.3 Å².